The van der Waals surface area contributed by atoms with Crippen LogP contribution in [-0.2, 0) is 4.84 Å². The van der Waals surface area contributed by atoms with Crippen LogP contribution in [0.3, 0.4) is 0 Å². The maximum atomic E-state index is 5.12. The van der Waals surface area contributed by atoms with Crippen molar-refractivity contribution in [2.24, 2.45) is 17.0 Å². The third-order valence-corrected chi connectivity index (χ3v) is 3.51. The van der Waals surface area contributed by atoms with Gasteiger partial charge in [0.05, 0.1) is 5.71 Å². The molecule has 0 saturated heterocycles. The summed E-state index contributed by atoms with van der Waals surface area (Å²) in [6.07, 6.45) is 7.49. The average Bonchev–Trinajstić information content (AvgIpc) is 2.77. The Morgan fingerprint density at radius 2 is 2.00 bits per heavy atom. The highest BCUT2D eigenvalue weighted by molar-refractivity contribution is 5.87. The molecule has 0 N–H and O–H groups in total. The molecular weight excluding hydrogens is 186 g/mol. The number of nitrogens with zero attached hydrogens (tertiary/aromatic N) is 1. The molecule has 0 bridgehead atoms. The van der Waals surface area contributed by atoms with Crippen LogP contribution in [0, 0.1) is 11.8 Å². The van der Waals surface area contributed by atoms with Gasteiger partial charge in [-0.2, -0.15) is 0 Å². The van der Waals surface area contributed by atoms with Crippen LogP contribution in [0.15, 0.2) is 5.16 Å². The van der Waals surface area contributed by atoms with Crippen LogP contribution in [0.2, 0.25) is 0 Å². The quantitative estimate of drug-likeness (QED) is 0.623. The second-order valence-corrected chi connectivity index (χ2v) is 4.57. The van der Waals surface area contributed by atoms with Crippen molar-refractivity contribution in [2.75, 3.05) is 6.61 Å². The Kier molecular flexibility index (Phi) is 5.74. The summed E-state index contributed by atoms with van der Waals surface area (Å²) in [4.78, 5) is 5.12. The zero-order chi connectivity index (χ0) is 11.1. The minimum absolute atomic E-state index is 0.683. The highest BCUT2D eigenvalue weighted by atomic mass is 16.6. The predicted molar refractivity (Wildman–Crippen MR) is 65.1 cm³/mol. The van der Waals surface area contributed by atoms with E-state index in [0.29, 0.717) is 5.92 Å². The van der Waals surface area contributed by atoms with E-state index in [0.717, 1.165) is 18.9 Å². The fourth-order valence-corrected chi connectivity index (χ4v) is 2.40. The van der Waals surface area contributed by atoms with Gasteiger partial charge in [0.1, 0.15) is 6.61 Å². The van der Waals surface area contributed by atoms with Gasteiger partial charge in [-0.25, -0.2) is 0 Å². The Balaban J connectivity index is 2.49. The lowest BCUT2D eigenvalue weighted by molar-refractivity contribution is 0.173. The van der Waals surface area contributed by atoms with Crippen molar-refractivity contribution in [2.45, 2.75) is 59.3 Å². The highest BCUT2D eigenvalue weighted by Gasteiger charge is 2.22. The second-order valence-electron chi connectivity index (χ2n) is 4.57. The number of hydrogen-bond acceptors (Lipinski definition) is 2. The molecule has 2 heteroatoms. The minimum Gasteiger partial charge on any atom is -0.395 e. The first kappa shape index (κ1) is 12.5. The summed E-state index contributed by atoms with van der Waals surface area (Å²) in [5.41, 5.74) is 1.32. The third kappa shape index (κ3) is 3.84. The Morgan fingerprint density at radius 1 is 1.27 bits per heavy atom. The van der Waals surface area contributed by atoms with Gasteiger partial charge in [0.25, 0.3) is 0 Å². The summed E-state index contributed by atoms with van der Waals surface area (Å²) in [6.45, 7) is 7.66. The lowest BCUT2D eigenvalue weighted by Crippen LogP contribution is -2.17. The first-order valence-corrected chi connectivity index (χ1v) is 6.50. The van der Waals surface area contributed by atoms with Gasteiger partial charge < -0.3 is 4.84 Å². The van der Waals surface area contributed by atoms with E-state index in [9.17, 15) is 0 Å². The molecule has 0 aromatic heterocycles. The van der Waals surface area contributed by atoms with Crippen molar-refractivity contribution in [1.29, 1.82) is 0 Å². The topological polar surface area (TPSA) is 21.6 Å². The molecule has 0 fully saturated rings. The maximum absolute atomic E-state index is 5.12. The summed E-state index contributed by atoms with van der Waals surface area (Å²) in [5, 5.41) is 4.19. The van der Waals surface area contributed by atoms with E-state index >= 15 is 0 Å². The Morgan fingerprint density at radius 3 is 2.47 bits per heavy atom. The molecule has 0 spiro atoms. The summed E-state index contributed by atoms with van der Waals surface area (Å²) in [7, 11) is 0. The van der Waals surface area contributed by atoms with Crippen LogP contribution in [0.1, 0.15) is 59.3 Å². The van der Waals surface area contributed by atoms with Crippen molar-refractivity contribution in [3.05, 3.63) is 0 Å². The van der Waals surface area contributed by atoms with Crippen molar-refractivity contribution < 1.29 is 4.84 Å². The first-order valence-electron chi connectivity index (χ1n) is 6.50. The number of hydrogen-bond donors (Lipinski definition) is 0. The molecule has 2 nitrogen and oxygen atoms in total. The van der Waals surface area contributed by atoms with Crippen molar-refractivity contribution in [1.82, 2.24) is 0 Å². The lowest BCUT2D eigenvalue weighted by atomic mass is 9.84. The van der Waals surface area contributed by atoms with Gasteiger partial charge >= 0.3 is 0 Å². The molecular formula is C13H25NO. The molecule has 1 atom stereocenters. The Hall–Kier alpha value is -0.530. The SMILES string of the molecule is CCCC(CC(CC)CC)C1=NOCC1. The van der Waals surface area contributed by atoms with E-state index in [-0.39, 0.29) is 0 Å². The third-order valence-electron chi connectivity index (χ3n) is 3.51. The van der Waals surface area contributed by atoms with Crippen LogP contribution < -0.4 is 0 Å². The number of rotatable bonds is 7. The molecule has 0 aliphatic carbocycles. The fraction of sp³-hybridized carbons (Fsp3) is 0.923. The van der Waals surface area contributed by atoms with Crippen LogP contribution >= 0.6 is 0 Å². The van der Waals surface area contributed by atoms with E-state index < -0.39 is 0 Å². The molecule has 1 aliphatic heterocycles. The summed E-state index contributed by atoms with van der Waals surface area (Å²) in [6, 6.07) is 0. The molecule has 15 heavy (non-hydrogen) atoms. The Labute approximate surface area is 94.1 Å². The summed E-state index contributed by atoms with van der Waals surface area (Å²) >= 11 is 0. The van der Waals surface area contributed by atoms with Crippen molar-refractivity contribution in [3.63, 3.8) is 0 Å². The zero-order valence-corrected chi connectivity index (χ0v) is 10.5. The van der Waals surface area contributed by atoms with Gasteiger partial charge in [-0.15, -0.1) is 0 Å². The smallest absolute Gasteiger partial charge is 0.122 e. The molecule has 1 heterocycles. The van der Waals surface area contributed by atoms with Gasteiger partial charge in [-0.3, -0.25) is 0 Å². The van der Waals surface area contributed by atoms with E-state index in [1.165, 1.54) is 37.8 Å². The lowest BCUT2D eigenvalue weighted by Gasteiger charge is -2.20. The van der Waals surface area contributed by atoms with E-state index in [1.54, 1.807) is 0 Å². The molecule has 0 aromatic carbocycles. The highest BCUT2D eigenvalue weighted by Crippen LogP contribution is 2.26. The van der Waals surface area contributed by atoms with Crippen LogP contribution in [0.4, 0.5) is 0 Å². The van der Waals surface area contributed by atoms with E-state index in [4.69, 9.17) is 4.84 Å². The molecule has 0 aromatic rings. The first-order chi connectivity index (χ1) is 7.31. The van der Waals surface area contributed by atoms with Gasteiger partial charge in [0.2, 0.25) is 0 Å². The van der Waals surface area contributed by atoms with E-state index in [2.05, 4.69) is 25.9 Å². The van der Waals surface area contributed by atoms with Crippen LogP contribution in [0.25, 0.3) is 0 Å². The molecule has 0 radical (unpaired) electrons. The van der Waals surface area contributed by atoms with Crippen LogP contribution in [-0.4, -0.2) is 12.3 Å². The standard InChI is InChI=1S/C13H25NO/c1-4-7-12(10-11(5-2)6-3)13-8-9-15-14-13/h11-12H,4-10H2,1-3H3. The fourth-order valence-electron chi connectivity index (χ4n) is 2.40. The zero-order valence-electron chi connectivity index (χ0n) is 10.5. The van der Waals surface area contributed by atoms with Gasteiger partial charge in [0, 0.05) is 12.3 Å². The molecule has 1 rings (SSSR count). The largest absolute Gasteiger partial charge is 0.395 e. The van der Waals surface area contributed by atoms with Crippen molar-refractivity contribution in [3.8, 4) is 0 Å². The summed E-state index contributed by atoms with van der Waals surface area (Å²) in [5.74, 6) is 1.55. The molecule has 0 amide bonds. The predicted octanol–water partition coefficient (Wildman–Crippen LogP) is 4.01. The van der Waals surface area contributed by atoms with Gasteiger partial charge in [-0.05, 0) is 18.8 Å². The molecule has 1 aliphatic rings. The minimum atomic E-state index is 0.683. The molecule has 0 saturated carbocycles. The van der Waals surface area contributed by atoms with E-state index in [1.807, 2.05) is 0 Å². The van der Waals surface area contributed by atoms with Gasteiger partial charge in [-0.1, -0.05) is 45.2 Å². The number of oxime groups is 1. The Bertz CT molecular complexity index is 197. The normalized spacial score (nSPS) is 17.7. The maximum Gasteiger partial charge on any atom is 0.122 e. The van der Waals surface area contributed by atoms with Gasteiger partial charge in [0.15, 0.2) is 0 Å². The average molecular weight is 211 g/mol. The van der Waals surface area contributed by atoms with Crippen LogP contribution in [0.5, 0.6) is 0 Å². The monoisotopic (exact) mass is 211 g/mol. The molecule has 1 unspecified atom stereocenters. The summed E-state index contributed by atoms with van der Waals surface area (Å²) < 4.78 is 0. The van der Waals surface area contributed by atoms with Crippen molar-refractivity contribution >= 4 is 5.71 Å². The molecule has 88 valence electrons. The second kappa shape index (κ2) is 6.86.